The second-order valence-corrected chi connectivity index (χ2v) is 9.94. The molecular formula is C31H19Cl2FN4O4. The average Bonchev–Trinajstić information content (AvgIpc) is 3.40. The molecule has 4 aromatic carbocycles. The Balaban J connectivity index is 1.29. The predicted octanol–water partition coefficient (Wildman–Crippen LogP) is 7.16. The predicted molar refractivity (Wildman–Crippen MR) is 161 cm³/mol. The lowest BCUT2D eigenvalue weighted by Crippen LogP contribution is -2.20. The number of nitrogens with one attached hydrogen (secondary N) is 1. The quantitative estimate of drug-likeness (QED) is 0.196. The fourth-order valence-electron chi connectivity index (χ4n) is 4.30. The van der Waals surface area contributed by atoms with Crippen molar-refractivity contribution in [3.8, 4) is 17.3 Å². The van der Waals surface area contributed by atoms with Crippen LogP contribution in [0, 0.1) is 5.82 Å². The Morgan fingerprint density at radius 1 is 1.00 bits per heavy atom. The van der Waals surface area contributed by atoms with Crippen molar-refractivity contribution in [2.24, 2.45) is 5.10 Å². The molecular weight excluding hydrogens is 582 g/mol. The summed E-state index contributed by atoms with van der Waals surface area (Å²) < 4.78 is 26.0. The van der Waals surface area contributed by atoms with Gasteiger partial charge in [0.2, 0.25) is 5.82 Å². The van der Waals surface area contributed by atoms with E-state index in [4.69, 9.17) is 32.4 Å². The summed E-state index contributed by atoms with van der Waals surface area (Å²) in [6.07, 6.45) is 1.40. The van der Waals surface area contributed by atoms with Crippen LogP contribution >= 0.6 is 23.2 Å². The highest BCUT2D eigenvalue weighted by atomic mass is 35.5. The Labute approximate surface area is 247 Å². The first-order valence-corrected chi connectivity index (χ1v) is 13.3. The molecule has 1 amide bonds. The van der Waals surface area contributed by atoms with Gasteiger partial charge < -0.3 is 14.5 Å². The van der Waals surface area contributed by atoms with Crippen LogP contribution in [0.3, 0.4) is 0 Å². The van der Waals surface area contributed by atoms with Gasteiger partial charge in [0.05, 0.1) is 27.2 Å². The van der Waals surface area contributed by atoms with Crippen molar-refractivity contribution in [3.63, 3.8) is 0 Å². The Morgan fingerprint density at radius 3 is 2.55 bits per heavy atom. The molecule has 0 aliphatic carbocycles. The SMILES string of the molecule is O=C(COc1c(Cl)cc(C=Nn2c(-c3cc4ccccc4o3)nc3ccccc3c2=O)cc1Cl)Nc1cccc(F)c1. The van der Waals surface area contributed by atoms with Crippen LogP contribution in [0.2, 0.25) is 10.0 Å². The topological polar surface area (TPSA) is 98.7 Å². The van der Waals surface area contributed by atoms with Crippen LogP contribution in [0.5, 0.6) is 5.75 Å². The molecule has 0 saturated heterocycles. The number of benzene rings is 4. The molecule has 2 aromatic heterocycles. The number of hydrogen-bond donors (Lipinski definition) is 1. The highest BCUT2D eigenvalue weighted by Gasteiger charge is 2.17. The first-order valence-electron chi connectivity index (χ1n) is 12.6. The second kappa shape index (κ2) is 11.5. The number of rotatable bonds is 7. The number of carbonyl (C=O) groups excluding carboxylic acids is 1. The Bertz CT molecular complexity index is 2020. The van der Waals surface area contributed by atoms with Crippen molar-refractivity contribution in [1.29, 1.82) is 0 Å². The maximum atomic E-state index is 13.5. The van der Waals surface area contributed by atoms with Gasteiger partial charge >= 0.3 is 0 Å². The van der Waals surface area contributed by atoms with Crippen LogP contribution in [-0.2, 0) is 4.79 Å². The first-order chi connectivity index (χ1) is 20.4. The molecule has 0 unspecified atom stereocenters. The van der Waals surface area contributed by atoms with Gasteiger partial charge in [0, 0.05) is 11.1 Å². The lowest BCUT2D eigenvalue weighted by atomic mass is 10.2. The summed E-state index contributed by atoms with van der Waals surface area (Å²) in [6, 6.07) is 24.7. The monoisotopic (exact) mass is 600 g/mol. The third-order valence-electron chi connectivity index (χ3n) is 6.20. The first kappa shape index (κ1) is 27.2. The fraction of sp³-hybridized carbons (Fsp3) is 0.0323. The van der Waals surface area contributed by atoms with E-state index in [-0.39, 0.29) is 27.3 Å². The number of anilines is 1. The minimum absolute atomic E-state index is 0.0809. The van der Waals surface area contributed by atoms with Gasteiger partial charge in [0.25, 0.3) is 11.5 Å². The third kappa shape index (κ3) is 5.60. The molecule has 0 atom stereocenters. The van der Waals surface area contributed by atoms with Crippen LogP contribution in [0.4, 0.5) is 10.1 Å². The zero-order valence-corrected chi connectivity index (χ0v) is 23.1. The molecule has 0 aliphatic heterocycles. The Morgan fingerprint density at radius 2 is 1.76 bits per heavy atom. The lowest BCUT2D eigenvalue weighted by Gasteiger charge is -2.11. The second-order valence-electron chi connectivity index (χ2n) is 9.12. The number of nitrogens with zero attached hydrogens (tertiary/aromatic N) is 3. The van der Waals surface area contributed by atoms with E-state index >= 15 is 0 Å². The molecule has 0 bridgehead atoms. The standard InChI is InChI=1S/C31H19Cl2FN4O4/c32-23-12-18(13-24(33)29(23)41-17-28(39)36-21-8-5-7-20(34)15-21)16-35-38-30(27-14-19-6-1-4-11-26(19)42-27)37-25-10-3-2-9-22(25)31(38)40/h1-16H,17H2,(H,36,39). The number of carbonyl (C=O) groups is 1. The number of halogens is 3. The van der Waals surface area contributed by atoms with Crippen LogP contribution < -0.4 is 15.6 Å². The van der Waals surface area contributed by atoms with Gasteiger partial charge in [0.1, 0.15) is 11.4 Å². The summed E-state index contributed by atoms with van der Waals surface area (Å²) in [5.41, 5.74) is 1.49. The van der Waals surface area contributed by atoms with E-state index in [0.717, 1.165) is 10.1 Å². The van der Waals surface area contributed by atoms with Crippen molar-refractivity contribution in [3.05, 3.63) is 123 Å². The van der Waals surface area contributed by atoms with Crippen LogP contribution in [-0.4, -0.2) is 28.4 Å². The number of ether oxygens (including phenoxy) is 1. The van der Waals surface area contributed by atoms with Crippen molar-refractivity contribution < 1.29 is 18.3 Å². The minimum Gasteiger partial charge on any atom is -0.481 e. The van der Waals surface area contributed by atoms with Gasteiger partial charge in [-0.05, 0) is 60.2 Å². The summed E-state index contributed by atoms with van der Waals surface area (Å²) in [5, 5.41) is 8.41. The van der Waals surface area contributed by atoms with E-state index in [1.165, 1.54) is 36.5 Å². The van der Waals surface area contributed by atoms with Crippen molar-refractivity contribution in [2.75, 3.05) is 11.9 Å². The number of furan rings is 1. The lowest BCUT2D eigenvalue weighted by molar-refractivity contribution is -0.118. The average molecular weight is 601 g/mol. The van der Waals surface area contributed by atoms with Gasteiger partial charge in [-0.1, -0.05) is 59.6 Å². The summed E-state index contributed by atoms with van der Waals surface area (Å²) in [4.78, 5) is 30.4. The van der Waals surface area contributed by atoms with E-state index in [1.807, 2.05) is 24.3 Å². The van der Waals surface area contributed by atoms with Gasteiger partial charge in [-0.15, -0.1) is 0 Å². The number of fused-ring (bicyclic) bond motifs is 2. The molecule has 6 rings (SSSR count). The molecule has 2 heterocycles. The molecule has 8 nitrogen and oxygen atoms in total. The van der Waals surface area contributed by atoms with E-state index in [1.54, 1.807) is 36.4 Å². The molecule has 42 heavy (non-hydrogen) atoms. The van der Waals surface area contributed by atoms with Gasteiger partial charge in [-0.3, -0.25) is 9.59 Å². The van der Waals surface area contributed by atoms with Gasteiger partial charge in [-0.2, -0.15) is 9.78 Å². The largest absolute Gasteiger partial charge is 0.481 e. The highest BCUT2D eigenvalue weighted by molar-refractivity contribution is 6.37. The number of amides is 1. The van der Waals surface area contributed by atoms with E-state index in [0.29, 0.717) is 27.8 Å². The number of hydrogen-bond acceptors (Lipinski definition) is 6. The van der Waals surface area contributed by atoms with Crippen molar-refractivity contribution in [1.82, 2.24) is 9.66 Å². The highest BCUT2D eigenvalue weighted by Crippen LogP contribution is 2.34. The maximum Gasteiger partial charge on any atom is 0.282 e. The summed E-state index contributed by atoms with van der Waals surface area (Å²) in [7, 11) is 0. The van der Waals surface area contributed by atoms with E-state index < -0.39 is 23.9 Å². The Hall–Kier alpha value is -4.99. The fourth-order valence-corrected chi connectivity index (χ4v) is 4.91. The zero-order chi connectivity index (χ0) is 29.2. The van der Waals surface area contributed by atoms with Gasteiger partial charge in [0.15, 0.2) is 18.1 Å². The van der Waals surface area contributed by atoms with Crippen LogP contribution in [0.15, 0.2) is 105 Å². The molecule has 0 saturated carbocycles. The maximum absolute atomic E-state index is 13.5. The molecule has 1 N–H and O–H groups in total. The molecule has 6 aromatic rings. The normalized spacial score (nSPS) is 11.4. The minimum atomic E-state index is -0.528. The molecule has 11 heteroatoms. The summed E-state index contributed by atoms with van der Waals surface area (Å²) >= 11 is 12.8. The van der Waals surface area contributed by atoms with Crippen molar-refractivity contribution in [2.45, 2.75) is 0 Å². The molecule has 0 aliphatic rings. The molecule has 0 fully saturated rings. The summed E-state index contributed by atoms with van der Waals surface area (Å²) in [5.74, 6) is -0.347. The number of aromatic nitrogens is 2. The molecule has 208 valence electrons. The molecule has 0 spiro atoms. The van der Waals surface area contributed by atoms with E-state index in [2.05, 4.69) is 15.4 Å². The molecule has 0 radical (unpaired) electrons. The van der Waals surface area contributed by atoms with Crippen LogP contribution in [0.1, 0.15) is 5.56 Å². The smallest absolute Gasteiger partial charge is 0.282 e. The van der Waals surface area contributed by atoms with Gasteiger partial charge in [-0.25, -0.2) is 9.37 Å². The number of para-hydroxylation sites is 2. The zero-order valence-electron chi connectivity index (χ0n) is 21.6. The Kier molecular flexibility index (Phi) is 7.43. The third-order valence-corrected chi connectivity index (χ3v) is 6.76. The van der Waals surface area contributed by atoms with E-state index in [9.17, 15) is 14.0 Å². The van der Waals surface area contributed by atoms with Crippen molar-refractivity contribution >= 4 is 62.9 Å². The van der Waals surface area contributed by atoms with Crippen LogP contribution in [0.25, 0.3) is 33.5 Å². The summed E-state index contributed by atoms with van der Waals surface area (Å²) in [6.45, 7) is -0.414.